The van der Waals surface area contributed by atoms with Crippen LogP contribution in [0.5, 0.6) is 11.5 Å². The van der Waals surface area contributed by atoms with Gasteiger partial charge in [-0.15, -0.1) is 5.10 Å². The van der Waals surface area contributed by atoms with Gasteiger partial charge in [0.25, 0.3) is 0 Å². The Morgan fingerprint density at radius 2 is 1.89 bits per heavy atom. The van der Waals surface area contributed by atoms with E-state index in [-0.39, 0.29) is 18.1 Å². The smallest absolute Gasteiger partial charge is 0.350 e. The van der Waals surface area contributed by atoms with E-state index in [9.17, 15) is 9.59 Å². The molecule has 3 aromatic rings. The van der Waals surface area contributed by atoms with Gasteiger partial charge in [-0.2, -0.15) is 0 Å². The second-order valence-electron chi connectivity index (χ2n) is 6.12. The number of carbonyl (C=O) groups is 1. The summed E-state index contributed by atoms with van der Waals surface area (Å²) in [6.07, 6.45) is 2.26. The van der Waals surface area contributed by atoms with Crippen LogP contribution in [-0.4, -0.2) is 39.8 Å². The maximum absolute atomic E-state index is 12.2. The molecule has 0 saturated carbocycles. The van der Waals surface area contributed by atoms with Gasteiger partial charge in [-0.3, -0.25) is 9.20 Å². The molecule has 1 amide bonds. The molecule has 0 aliphatic heterocycles. The highest BCUT2D eigenvalue weighted by Crippen LogP contribution is 2.28. The minimum atomic E-state index is -0.335. The summed E-state index contributed by atoms with van der Waals surface area (Å²) in [4.78, 5) is 24.4. The normalized spacial score (nSPS) is 10.8. The second-order valence-corrected chi connectivity index (χ2v) is 6.12. The molecule has 0 atom stereocenters. The Hall–Kier alpha value is -3.29. The third-order valence-corrected chi connectivity index (χ3v) is 4.13. The van der Waals surface area contributed by atoms with Crippen molar-refractivity contribution in [2.75, 3.05) is 19.8 Å². The van der Waals surface area contributed by atoms with Crippen LogP contribution in [0.4, 0.5) is 0 Å². The summed E-state index contributed by atoms with van der Waals surface area (Å²) < 4.78 is 13.7. The standard InChI is InChI=1S/C20H24N4O4/c1-3-27-16-9-8-15(13-17(16)28-4-2)10-11-21-19(25)14-24-20(26)23-12-6-5-7-18(23)22-24/h5-9,12-13H,3-4,10-11,14H2,1-2H3,(H,21,25). The molecule has 0 radical (unpaired) electrons. The number of rotatable bonds is 9. The van der Waals surface area contributed by atoms with Gasteiger partial charge in [0, 0.05) is 12.7 Å². The molecule has 2 heterocycles. The van der Waals surface area contributed by atoms with E-state index in [4.69, 9.17) is 9.47 Å². The maximum Gasteiger partial charge on any atom is 0.350 e. The van der Waals surface area contributed by atoms with Gasteiger partial charge >= 0.3 is 5.69 Å². The quantitative estimate of drug-likeness (QED) is 0.606. The lowest BCUT2D eigenvalue weighted by molar-refractivity contribution is -0.121. The first kappa shape index (κ1) is 19.5. The first-order valence-electron chi connectivity index (χ1n) is 9.31. The Morgan fingerprint density at radius 1 is 1.11 bits per heavy atom. The Morgan fingerprint density at radius 3 is 2.64 bits per heavy atom. The van der Waals surface area contributed by atoms with Crippen LogP contribution >= 0.6 is 0 Å². The minimum absolute atomic E-state index is 0.117. The van der Waals surface area contributed by atoms with E-state index in [2.05, 4.69) is 10.4 Å². The summed E-state index contributed by atoms with van der Waals surface area (Å²) in [6, 6.07) is 11.0. The van der Waals surface area contributed by atoms with Crippen molar-refractivity contribution in [2.24, 2.45) is 0 Å². The number of amides is 1. The Kier molecular flexibility index (Phi) is 6.31. The molecule has 0 bridgehead atoms. The monoisotopic (exact) mass is 384 g/mol. The number of hydrogen-bond acceptors (Lipinski definition) is 5. The van der Waals surface area contributed by atoms with Crippen molar-refractivity contribution in [3.8, 4) is 11.5 Å². The van der Waals surface area contributed by atoms with Crippen molar-refractivity contribution < 1.29 is 14.3 Å². The van der Waals surface area contributed by atoms with Gasteiger partial charge in [0.15, 0.2) is 17.1 Å². The van der Waals surface area contributed by atoms with E-state index in [0.29, 0.717) is 43.3 Å². The predicted molar refractivity (Wildman–Crippen MR) is 105 cm³/mol. The van der Waals surface area contributed by atoms with Gasteiger partial charge in [-0.05, 0) is 50.1 Å². The average Bonchev–Trinajstić information content (AvgIpc) is 3.00. The van der Waals surface area contributed by atoms with Crippen molar-refractivity contribution in [1.29, 1.82) is 0 Å². The van der Waals surface area contributed by atoms with Crippen LogP contribution in [0, 0.1) is 0 Å². The van der Waals surface area contributed by atoms with Crippen LogP contribution in [0.1, 0.15) is 19.4 Å². The fourth-order valence-corrected chi connectivity index (χ4v) is 2.86. The van der Waals surface area contributed by atoms with E-state index in [1.54, 1.807) is 24.4 Å². The fraction of sp³-hybridized carbons (Fsp3) is 0.350. The number of nitrogens with zero attached hydrogens (tertiary/aromatic N) is 3. The number of carbonyl (C=O) groups excluding carboxylic acids is 1. The molecule has 0 saturated heterocycles. The molecule has 0 fully saturated rings. The first-order chi connectivity index (χ1) is 13.6. The largest absolute Gasteiger partial charge is 0.490 e. The predicted octanol–water partition coefficient (Wildman–Crippen LogP) is 1.65. The summed E-state index contributed by atoms with van der Waals surface area (Å²) in [5, 5.41) is 6.98. The zero-order chi connectivity index (χ0) is 19.9. The lowest BCUT2D eigenvalue weighted by atomic mass is 10.1. The highest BCUT2D eigenvalue weighted by molar-refractivity contribution is 5.75. The molecule has 8 heteroatoms. The zero-order valence-corrected chi connectivity index (χ0v) is 16.1. The number of aromatic nitrogens is 3. The average molecular weight is 384 g/mol. The van der Waals surface area contributed by atoms with E-state index >= 15 is 0 Å². The molecule has 0 aliphatic rings. The Labute approximate surface area is 162 Å². The van der Waals surface area contributed by atoms with Crippen LogP contribution in [0.15, 0.2) is 47.4 Å². The van der Waals surface area contributed by atoms with Crippen molar-refractivity contribution in [3.05, 3.63) is 58.6 Å². The molecule has 148 valence electrons. The van der Waals surface area contributed by atoms with Gasteiger partial charge in [0.05, 0.1) is 13.2 Å². The van der Waals surface area contributed by atoms with Gasteiger partial charge in [-0.1, -0.05) is 12.1 Å². The van der Waals surface area contributed by atoms with Crippen LogP contribution in [0.2, 0.25) is 0 Å². The molecule has 1 N–H and O–H groups in total. The van der Waals surface area contributed by atoms with E-state index in [1.165, 1.54) is 4.40 Å². The molecule has 28 heavy (non-hydrogen) atoms. The highest BCUT2D eigenvalue weighted by Gasteiger charge is 2.10. The number of fused-ring (bicyclic) bond motifs is 1. The van der Waals surface area contributed by atoms with Crippen LogP contribution in [0.25, 0.3) is 5.65 Å². The lowest BCUT2D eigenvalue weighted by Gasteiger charge is -2.12. The number of nitrogens with one attached hydrogen (secondary N) is 1. The molecule has 0 unspecified atom stereocenters. The van der Waals surface area contributed by atoms with Gasteiger partial charge in [0.1, 0.15) is 6.54 Å². The van der Waals surface area contributed by atoms with Crippen molar-refractivity contribution in [2.45, 2.75) is 26.8 Å². The van der Waals surface area contributed by atoms with Crippen molar-refractivity contribution in [3.63, 3.8) is 0 Å². The molecular formula is C20H24N4O4. The Bertz CT molecular complexity index is 1010. The topological polar surface area (TPSA) is 86.9 Å². The lowest BCUT2D eigenvalue weighted by Crippen LogP contribution is -2.33. The zero-order valence-electron chi connectivity index (χ0n) is 16.1. The minimum Gasteiger partial charge on any atom is -0.490 e. The van der Waals surface area contributed by atoms with Gasteiger partial charge < -0.3 is 14.8 Å². The maximum atomic E-state index is 12.2. The Balaban J connectivity index is 1.57. The van der Waals surface area contributed by atoms with Crippen LogP contribution in [0.3, 0.4) is 0 Å². The molecule has 8 nitrogen and oxygen atoms in total. The number of ether oxygens (including phenoxy) is 2. The summed E-state index contributed by atoms with van der Waals surface area (Å²) >= 11 is 0. The summed E-state index contributed by atoms with van der Waals surface area (Å²) in [7, 11) is 0. The second kappa shape index (κ2) is 9.07. The van der Waals surface area contributed by atoms with Crippen molar-refractivity contribution in [1.82, 2.24) is 19.5 Å². The third-order valence-electron chi connectivity index (χ3n) is 4.13. The first-order valence-corrected chi connectivity index (χ1v) is 9.31. The number of hydrogen-bond donors (Lipinski definition) is 1. The number of benzene rings is 1. The molecule has 2 aromatic heterocycles. The summed E-state index contributed by atoms with van der Waals surface area (Å²) in [5.74, 6) is 1.15. The summed E-state index contributed by atoms with van der Waals surface area (Å²) in [5.41, 5.74) is 1.20. The SMILES string of the molecule is CCOc1ccc(CCNC(=O)Cn2nc3ccccn3c2=O)cc1OCC. The molecule has 0 aliphatic carbocycles. The van der Waals surface area contributed by atoms with Gasteiger partial charge in [0.2, 0.25) is 5.91 Å². The van der Waals surface area contributed by atoms with E-state index in [1.807, 2.05) is 32.0 Å². The molecule has 3 rings (SSSR count). The van der Waals surface area contributed by atoms with Crippen LogP contribution < -0.4 is 20.5 Å². The summed E-state index contributed by atoms with van der Waals surface area (Å²) in [6.45, 7) is 5.29. The van der Waals surface area contributed by atoms with E-state index in [0.717, 1.165) is 10.2 Å². The van der Waals surface area contributed by atoms with Gasteiger partial charge in [-0.25, -0.2) is 9.48 Å². The van der Waals surface area contributed by atoms with Crippen LogP contribution in [-0.2, 0) is 17.8 Å². The highest BCUT2D eigenvalue weighted by atomic mass is 16.5. The number of pyridine rings is 1. The van der Waals surface area contributed by atoms with Crippen molar-refractivity contribution >= 4 is 11.6 Å². The molecule has 0 spiro atoms. The molecule has 1 aromatic carbocycles. The fourth-order valence-electron chi connectivity index (χ4n) is 2.86. The third kappa shape index (κ3) is 4.51. The van der Waals surface area contributed by atoms with E-state index < -0.39 is 0 Å². The molecular weight excluding hydrogens is 360 g/mol.